The molecule has 1 unspecified atom stereocenters. The van der Waals surface area contributed by atoms with Crippen LogP contribution in [-0.2, 0) is 11.2 Å². The van der Waals surface area contributed by atoms with Crippen LogP contribution in [0.5, 0.6) is 0 Å². The standard InChI is InChI=1S/C22H32ClN5O/c1-15-14-28(18-8-10-27(11-9-18)21-13-20(24)25-26-21)19(22(2,3)29-15)12-16-4-6-17(23)7-5-16/h4-7,15,18-19H,8-14H2,1-3H3,(H2,24,25)/t15-,19?/m0/s1. The number of morpholine rings is 1. The van der Waals surface area contributed by atoms with Crippen molar-refractivity contribution in [2.45, 2.75) is 70.2 Å². The largest absolute Gasteiger partial charge is 0.385 e. The second-order valence-electron chi connectivity index (χ2n) is 9.08. The van der Waals surface area contributed by atoms with E-state index in [1.165, 1.54) is 5.56 Å². The summed E-state index contributed by atoms with van der Waals surface area (Å²) in [5.41, 5.74) is 6.90. The van der Waals surface area contributed by atoms with Gasteiger partial charge in [-0.3, -0.25) is 4.90 Å². The smallest absolute Gasteiger partial charge is 0.135 e. The van der Waals surface area contributed by atoms with Crippen molar-refractivity contribution in [2.75, 3.05) is 19.6 Å². The van der Waals surface area contributed by atoms with Gasteiger partial charge in [-0.05, 0) is 57.7 Å². The number of halogens is 1. The van der Waals surface area contributed by atoms with Crippen molar-refractivity contribution in [3.05, 3.63) is 34.9 Å². The van der Waals surface area contributed by atoms with Gasteiger partial charge in [0.25, 0.3) is 0 Å². The average molecular weight is 418 g/mol. The highest BCUT2D eigenvalue weighted by Gasteiger charge is 2.44. The fourth-order valence-corrected chi connectivity index (χ4v) is 5.18. The Morgan fingerprint density at radius 1 is 1.17 bits per heavy atom. The van der Waals surface area contributed by atoms with Gasteiger partial charge in [-0.2, -0.15) is 0 Å². The van der Waals surface area contributed by atoms with Gasteiger partial charge in [-0.1, -0.05) is 23.7 Å². The molecular weight excluding hydrogens is 386 g/mol. The van der Waals surface area contributed by atoms with E-state index in [1.807, 2.05) is 12.1 Å². The van der Waals surface area contributed by atoms with E-state index in [4.69, 9.17) is 22.1 Å². The van der Waals surface area contributed by atoms with E-state index in [0.717, 1.165) is 49.8 Å². The molecular formula is C22H32ClN5O. The van der Waals surface area contributed by atoms with Gasteiger partial charge >= 0.3 is 0 Å². The lowest BCUT2D eigenvalue weighted by molar-refractivity contribution is -0.176. The number of hydrogen-bond acceptors (Lipinski definition) is 6. The molecule has 0 amide bonds. The summed E-state index contributed by atoms with van der Waals surface area (Å²) < 4.78 is 6.39. The predicted octanol–water partition coefficient (Wildman–Crippen LogP) is 3.29. The van der Waals surface area contributed by atoms with Crippen molar-refractivity contribution in [2.24, 2.45) is 15.9 Å². The lowest BCUT2D eigenvalue weighted by atomic mass is 9.86. The summed E-state index contributed by atoms with van der Waals surface area (Å²) in [6.07, 6.45) is 4.13. The minimum Gasteiger partial charge on any atom is -0.385 e. The molecule has 0 aliphatic carbocycles. The van der Waals surface area contributed by atoms with Crippen LogP contribution < -0.4 is 5.73 Å². The van der Waals surface area contributed by atoms with Crippen LogP contribution in [0.15, 0.2) is 34.5 Å². The molecule has 0 radical (unpaired) electrons. The maximum atomic E-state index is 6.39. The highest BCUT2D eigenvalue weighted by atomic mass is 35.5. The van der Waals surface area contributed by atoms with E-state index in [1.54, 1.807) is 0 Å². The van der Waals surface area contributed by atoms with Crippen molar-refractivity contribution in [1.29, 1.82) is 0 Å². The maximum Gasteiger partial charge on any atom is 0.135 e. The monoisotopic (exact) mass is 417 g/mol. The molecule has 0 spiro atoms. The molecule has 0 aromatic heterocycles. The molecule has 2 fully saturated rings. The number of hydrogen-bond donors (Lipinski definition) is 1. The first-order valence-electron chi connectivity index (χ1n) is 10.6. The van der Waals surface area contributed by atoms with Gasteiger partial charge in [0, 0.05) is 36.7 Å². The molecule has 29 heavy (non-hydrogen) atoms. The van der Waals surface area contributed by atoms with Gasteiger partial charge in [-0.25, -0.2) is 0 Å². The van der Waals surface area contributed by atoms with E-state index in [9.17, 15) is 0 Å². The zero-order valence-corrected chi connectivity index (χ0v) is 18.4. The summed E-state index contributed by atoms with van der Waals surface area (Å²) in [5, 5.41) is 9.03. The number of ether oxygens (including phenoxy) is 1. The zero-order valence-electron chi connectivity index (χ0n) is 17.6. The van der Waals surface area contributed by atoms with Crippen LogP contribution in [0.4, 0.5) is 0 Å². The van der Waals surface area contributed by atoms with Gasteiger partial charge in [0.05, 0.1) is 18.1 Å². The Balaban J connectivity index is 1.46. The first kappa shape index (κ1) is 20.6. The number of rotatable bonds is 3. The Bertz CT molecular complexity index is 783. The lowest BCUT2D eigenvalue weighted by Gasteiger charge is -2.53. The number of benzene rings is 1. The molecule has 3 heterocycles. The molecule has 1 aromatic rings. The van der Waals surface area contributed by atoms with Crippen LogP contribution in [0.25, 0.3) is 0 Å². The van der Waals surface area contributed by atoms with Crippen LogP contribution in [0.2, 0.25) is 5.02 Å². The molecule has 6 nitrogen and oxygen atoms in total. The third kappa shape index (κ3) is 4.60. The van der Waals surface area contributed by atoms with Crippen molar-refractivity contribution < 1.29 is 4.74 Å². The first-order valence-corrected chi connectivity index (χ1v) is 11.0. The van der Waals surface area contributed by atoms with Crippen molar-refractivity contribution in [3.63, 3.8) is 0 Å². The summed E-state index contributed by atoms with van der Waals surface area (Å²) in [7, 11) is 0. The minimum atomic E-state index is -0.202. The molecule has 3 aliphatic heterocycles. The molecule has 0 saturated carbocycles. The minimum absolute atomic E-state index is 0.202. The maximum absolute atomic E-state index is 6.39. The Hall–Kier alpha value is -1.63. The van der Waals surface area contributed by atoms with Gasteiger partial charge in [-0.15, -0.1) is 10.2 Å². The number of piperidine rings is 1. The van der Waals surface area contributed by atoms with Crippen molar-refractivity contribution in [3.8, 4) is 0 Å². The third-order valence-corrected chi connectivity index (χ3v) is 6.70. The van der Waals surface area contributed by atoms with Crippen molar-refractivity contribution >= 4 is 23.3 Å². The molecule has 3 aliphatic rings. The SMILES string of the molecule is C[C@H]1CN(C2CCN(C3=NN=C(N)C3)CC2)C(Cc2ccc(Cl)cc2)C(C)(C)O1. The number of nitrogens with two attached hydrogens (primary N) is 1. The molecule has 0 bridgehead atoms. The Labute approximate surface area is 178 Å². The van der Waals surface area contributed by atoms with E-state index in [0.29, 0.717) is 24.3 Å². The second kappa shape index (κ2) is 8.25. The molecule has 158 valence electrons. The lowest BCUT2D eigenvalue weighted by Crippen LogP contribution is -2.64. The summed E-state index contributed by atoms with van der Waals surface area (Å²) in [5.74, 6) is 1.64. The van der Waals surface area contributed by atoms with Gasteiger partial charge < -0.3 is 15.4 Å². The van der Waals surface area contributed by atoms with Gasteiger partial charge in [0.1, 0.15) is 11.7 Å². The molecule has 2 atom stereocenters. The Morgan fingerprint density at radius 2 is 1.86 bits per heavy atom. The molecule has 2 N–H and O–H groups in total. The van der Waals surface area contributed by atoms with E-state index < -0.39 is 0 Å². The molecule has 1 aromatic carbocycles. The number of amidine groups is 2. The summed E-state index contributed by atoms with van der Waals surface area (Å²) in [6, 6.07) is 9.12. The quantitative estimate of drug-likeness (QED) is 0.819. The number of likely N-dealkylation sites (tertiary alicyclic amines) is 1. The summed E-state index contributed by atoms with van der Waals surface area (Å²) in [6.45, 7) is 9.65. The van der Waals surface area contributed by atoms with Crippen LogP contribution >= 0.6 is 11.6 Å². The second-order valence-corrected chi connectivity index (χ2v) is 9.51. The topological polar surface area (TPSA) is 66.5 Å². The van der Waals surface area contributed by atoms with Crippen LogP contribution in [0, 0.1) is 0 Å². The van der Waals surface area contributed by atoms with Crippen LogP contribution in [0.1, 0.15) is 45.6 Å². The highest BCUT2D eigenvalue weighted by molar-refractivity contribution is 6.30. The fraction of sp³-hybridized carbons (Fsp3) is 0.636. The van der Waals surface area contributed by atoms with E-state index in [2.05, 4.69) is 52.9 Å². The molecule has 2 saturated heterocycles. The summed E-state index contributed by atoms with van der Waals surface area (Å²) in [4.78, 5) is 5.06. The van der Waals surface area contributed by atoms with E-state index in [-0.39, 0.29) is 11.7 Å². The van der Waals surface area contributed by atoms with Crippen LogP contribution in [-0.4, -0.2) is 64.9 Å². The first-order chi connectivity index (χ1) is 13.8. The van der Waals surface area contributed by atoms with Crippen molar-refractivity contribution in [1.82, 2.24) is 9.80 Å². The van der Waals surface area contributed by atoms with Gasteiger partial charge in [0.15, 0.2) is 0 Å². The average Bonchev–Trinajstić information content (AvgIpc) is 3.11. The normalized spacial score (nSPS) is 28.3. The van der Waals surface area contributed by atoms with E-state index >= 15 is 0 Å². The number of nitrogens with zero attached hydrogens (tertiary/aromatic N) is 4. The molecule has 7 heteroatoms. The summed E-state index contributed by atoms with van der Waals surface area (Å²) >= 11 is 6.09. The fourth-order valence-electron chi connectivity index (χ4n) is 5.05. The predicted molar refractivity (Wildman–Crippen MR) is 119 cm³/mol. The Morgan fingerprint density at radius 3 is 2.48 bits per heavy atom. The highest BCUT2D eigenvalue weighted by Crippen LogP contribution is 2.34. The zero-order chi connectivity index (χ0) is 20.6. The molecule has 4 rings (SSSR count). The van der Waals surface area contributed by atoms with Gasteiger partial charge in [0.2, 0.25) is 0 Å². The Kier molecular flexibility index (Phi) is 5.87. The third-order valence-electron chi connectivity index (χ3n) is 6.45. The van der Waals surface area contributed by atoms with Crippen LogP contribution in [0.3, 0.4) is 0 Å².